The molecule has 1 aromatic rings. The van der Waals surface area contributed by atoms with Crippen molar-refractivity contribution in [3.8, 4) is 0 Å². The average Bonchev–Trinajstić information content (AvgIpc) is 2.39. The number of hydrogen-bond acceptors (Lipinski definition) is 4. The van der Waals surface area contributed by atoms with Gasteiger partial charge in [0.05, 0.1) is 11.5 Å². The van der Waals surface area contributed by atoms with Gasteiger partial charge in [0.15, 0.2) is 0 Å². The fraction of sp³-hybridized carbons (Fsp3) is 0.455. The molecule has 1 fully saturated rings. The molecule has 8 heteroatoms. The third-order valence-electron chi connectivity index (χ3n) is 2.95. The highest BCUT2D eigenvalue weighted by atomic mass is 32.2. The molecule has 1 N–H and O–H groups in total. The first-order chi connectivity index (χ1) is 8.95. The van der Waals surface area contributed by atoms with Gasteiger partial charge >= 0.3 is 0 Å². The van der Waals surface area contributed by atoms with Gasteiger partial charge in [-0.2, -0.15) is 4.31 Å². The minimum absolute atomic E-state index is 0.149. The Morgan fingerprint density at radius 3 is 2.53 bits per heavy atom. The van der Waals surface area contributed by atoms with Crippen LogP contribution in [-0.4, -0.2) is 46.6 Å². The second-order valence-electron chi connectivity index (χ2n) is 4.16. The number of aliphatic hydroxyl groups excluding tert-OH is 1. The standard InChI is InChI=1S/C11H14FNO4S2/c12-10-2-1-9(8-14)11(7-10)19(16,17)13-3-5-18(15)6-4-13/h1-2,7,14H,3-6,8H2. The molecule has 0 radical (unpaired) electrons. The van der Waals surface area contributed by atoms with E-state index in [0.717, 1.165) is 12.1 Å². The molecule has 1 saturated heterocycles. The van der Waals surface area contributed by atoms with Crippen molar-refractivity contribution >= 4 is 20.8 Å². The number of aliphatic hydroxyl groups is 1. The maximum absolute atomic E-state index is 13.2. The highest BCUT2D eigenvalue weighted by Crippen LogP contribution is 2.22. The van der Waals surface area contributed by atoms with Crippen LogP contribution in [0, 0.1) is 5.82 Å². The van der Waals surface area contributed by atoms with Crippen molar-refractivity contribution in [1.29, 1.82) is 0 Å². The molecular formula is C11H14FNO4S2. The van der Waals surface area contributed by atoms with E-state index in [-0.39, 0.29) is 35.1 Å². The summed E-state index contributed by atoms with van der Waals surface area (Å²) in [6, 6.07) is 3.27. The summed E-state index contributed by atoms with van der Waals surface area (Å²) in [5.41, 5.74) is 0.160. The van der Waals surface area contributed by atoms with Crippen LogP contribution in [-0.2, 0) is 27.4 Å². The van der Waals surface area contributed by atoms with Crippen molar-refractivity contribution in [2.45, 2.75) is 11.5 Å². The zero-order valence-corrected chi connectivity index (χ0v) is 11.7. The van der Waals surface area contributed by atoms with E-state index in [9.17, 15) is 17.0 Å². The average molecular weight is 307 g/mol. The summed E-state index contributed by atoms with van der Waals surface area (Å²) in [5.74, 6) is -0.109. The highest BCUT2D eigenvalue weighted by Gasteiger charge is 2.30. The van der Waals surface area contributed by atoms with Crippen molar-refractivity contribution in [3.05, 3.63) is 29.6 Å². The topological polar surface area (TPSA) is 74.7 Å². The van der Waals surface area contributed by atoms with Crippen LogP contribution >= 0.6 is 0 Å². The zero-order valence-electron chi connectivity index (χ0n) is 10.1. The number of hydrogen-bond donors (Lipinski definition) is 1. The van der Waals surface area contributed by atoms with Gasteiger partial charge in [0, 0.05) is 35.4 Å². The lowest BCUT2D eigenvalue weighted by atomic mass is 10.2. The molecule has 0 aromatic heterocycles. The Morgan fingerprint density at radius 2 is 1.95 bits per heavy atom. The molecule has 19 heavy (non-hydrogen) atoms. The van der Waals surface area contributed by atoms with Gasteiger partial charge in [-0.05, 0) is 17.7 Å². The monoisotopic (exact) mass is 307 g/mol. The first-order valence-electron chi connectivity index (χ1n) is 5.69. The number of benzene rings is 1. The van der Waals surface area contributed by atoms with Gasteiger partial charge in [-0.15, -0.1) is 0 Å². The highest BCUT2D eigenvalue weighted by molar-refractivity contribution is 7.89. The van der Waals surface area contributed by atoms with Crippen LogP contribution in [0.3, 0.4) is 0 Å². The lowest BCUT2D eigenvalue weighted by molar-refractivity contribution is 0.277. The summed E-state index contributed by atoms with van der Waals surface area (Å²) in [5, 5.41) is 9.16. The third-order valence-corrected chi connectivity index (χ3v) is 6.21. The predicted octanol–water partition coefficient (Wildman–Crippen LogP) is 0.0710. The Balaban J connectivity index is 2.39. The lowest BCUT2D eigenvalue weighted by Crippen LogP contribution is -2.42. The largest absolute Gasteiger partial charge is 0.392 e. The minimum Gasteiger partial charge on any atom is -0.392 e. The maximum Gasteiger partial charge on any atom is 0.243 e. The summed E-state index contributed by atoms with van der Waals surface area (Å²) >= 11 is 0. The molecular weight excluding hydrogens is 293 g/mol. The summed E-state index contributed by atoms with van der Waals surface area (Å²) in [6.45, 7) is -0.179. The SMILES string of the molecule is O=S1CCN(S(=O)(=O)c2cc(F)ccc2CO)CC1. The van der Waals surface area contributed by atoms with Crippen molar-refractivity contribution in [2.24, 2.45) is 0 Å². The van der Waals surface area contributed by atoms with Crippen LogP contribution in [0.15, 0.2) is 23.1 Å². The molecule has 1 aliphatic rings. The van der Waals surface area contributed by atoms with Gasteiger partial charge in [-0.3, -0.25) is 4.21 Å². The Morgan fingerprint density at radius 1 is 1.32 bits per heavy atom. The maximum atomic E-state index is 13.2. The van der Waals surface area contributed by atoms with Crippen molar-refractivity contribution in [3.63, 3.8) is 0 Å². The Hall–Kier alpha value is -0.830. The molecule has 0 aliphatic carbocycles. The summed E-state index contributed by atoms with van der Waals surface area (Å²) < 4.78 is 50.4. The molecule has 0 saturated carbocycles. The molecule has 1 aliphatic heterocycles. The van der Waals surface area contributed by atoms with E-state index >= 15 is 0 Å². The normalized spacial score (nSPS) is 18.6. The molecule has 2 rings (SSSR count). The minimum atomic E-state index is -3.85. The van der Waals surface area contributed by atoms with Gasteiger partial charge in [0.2, 0.25) is 10.0 Å². The second-order valence-corrected chi connectivity index (χ2v) is 7.76. The Labute approximate surface area is 113 Å². The molecule has 0 unspecified atom stereocenters. The predicted molar refractivity (Wildman–Crippen MR) is 69.0 cm³/mol. The van der Waals surface area contributed by atoms with Crippen LogP contribution < -0.4 is 0 Å². The van der Waals surface area contributed by atoms with Gasteiger partial charge in [-0.1, -0.05) is 6.07 Å². The first-order valence-corrected chi connectivity index (χ1v) is 8.62. The fourth-order valence-electron chi connectivity index (χ4n) is 1.90. The Kier molecular flexibility index (Phi) is 4.34. The van der Waals surface area contributed by atoms with Gasteiger partial charge in [0.1, 0.15) is 5.82 Å². The number of nitrogens with zero attached hydrogens (tertiary/aromatic N) is 1. The zero-order chi connectivity index (χ0) is 14.0. The van der Waals surface area contributed by atoms with Gasteiger partial charge < -0.3 is 5.11 Å². The van der Waals surface area contributed by atoms with E-state index in [1.54, 1.807) is 0 Å². The van der Waals surface area contributed by atoms with Gasteiger partial charge in [-0.25, -0.2) is 12.8 Å². The van der Waals surface area contributed by atoms with Gasteiger partial charge in [0.25, 0.3) is 0 Å². The molecule has 1 heterocycles. The van der Waals surface area contributed by atoms with Crippen LogP contribution in [0.5, 0.6) is 0 Å². The number of halogens is 1. The third kappa shape index (κ3) is 3.02. The molecule has 0 spiro atoms. The Bertz CT molecular complexity index is 593. The van der Waals surface area contributed by atoms with Crippen LogP contribution in [0.4, 0.5) is 4.39 Å². The summed E-state index contributed by atoms with van der Waals surface area (Å²) in [6.07, 6.45) is 0. The van der Waals surface area contributed by atoms with Crippen LogP contribution in [0.2, 0.25) is 0 Å². The summed E-state index contributed by atoms with van der Waals surface area (Å²) in [7, 11) is -4.85. The van der Waals surface area contributed by atoms with E-state index in [2.05, 4.69) is 0 Å². The van der Waals surface area contributed by atoms with Crippen molar-refractivity contribution in [1.82, 2.24) is 4.31 Å². The van der Waals surface area contributed by atoms with Crippen molar-refractivity contribution in [2.75, 3.05) is 24.6 Å². The number of rotatable bonds is 3. The second kappa shape index (κ2) is 5.66. The smallest absolute Gasteiger partial charge is 0.243 e. The molecule has 0 amide bonds. The van der Waals surface area contributed by atoms with E-state index in [0.29, 0.717) is 0 Å². The molecule has 106 valence electrons. The number of sulfonamides is 1. The molecule has 1 aromatic carbocycles. The quantitative estimate of drug-likeness (QED) is 0.857. The van der Waals surface area contributed by atoms with Crippen LogP contribution in [0.25, 0.3) is 0 Å². The van der Waals surface area contributed by atoms with E-state index < -0.39 is 33.2 Å². The lowest BCUT2D eigenvalue weighted by Gasteiger charge is -2.26. The van der Waals surface area contributed by atoms with Crippen molar-refractivity contribution < 1.29 is 22.1 Å². The van der Waals surface area contributed by atoms with Crippen LogP contribution in [0.1, 0.15) is 5.56 Å². The molecule has 0 bridgehead atoms. The first kappa shape index (κ1) is 14.6. The van der Waals surface area contributed by atoms with E-state index in [4.69, 9.17) is 5.11 Å². The van der Waals surface area contributed by atoms with E-state index in [1.165, 1.54) is 10.4 Å². The molecule has 0 atom stereocenters. The van der Waals surface area contributed by atoms with E-state index in [1.807, 2.05) is 0 Å². The molecule has 5 nitrogen and oxygen atoms in total. The fourth-order valence-corrected chi connectivity index (χ4v) is 4.85. The summed E-state index contributed by atoms with van der Waals surface area (Å²) in [4.78, 5) is -0.220.